The van der Waals surface area contributed by atoms with Crippen LogP contribution in [0.2, 0.25) is 0 Å². The van der Waals surface area contributed by atoms with E-state index in [4.69, 9.17) is 11.5 Å². The zero-order chi connectivity index (χ0) is 11.8. The van der Waals surface area contributed by atoms with Gasteiger partial charge in [0.2, 0.25) is 0 Å². The minimum absolute atomic E-state index is 0.0757. The Morgan fingerprint density at radius 2 is 1.87 bits per heavy atom. The van der Waals surface area contributed by atoms with Crippen molar-refractivity contribution in [3.8, 4) is 5.75 Å². The first-order chi connectivity index (χ1) is 6.75. The summed E-state index contributed by atoms with van der Waals surface area (Å²) in [6.45, 7) is 6.06. The van der Waals surface area contributed by atoms with Crippen LogP contribution in [0, 0.1) is 5.41 Å². The minimum atomic E-state index is -0.268. The van der Waals surface area contributed by atoms with E-state index in [1.165, 1.54) is 0 Å². The molecule has 0 aliphatic rings. The maximum atomic E-state index is 9.88. The number of nitrogens with two attached hydrogens (primary N) is 2. The van der Waals surface area contributed by atoms with Gasteiger partial charge in [-0.1, -0.05) is 36.7 Å². The first-order valence-corrected chi connectivity index (χ1v) is 5.57. The Hall–Kier alpha value is -0.740. The third kappa shape index (κ3) is 2.44. The molecule has 5 N–H and O–H groups in total. The molecule has 1 aromatic carbocycles. The predicted molar refractivity (Wildman–Crippen MR) is 66.6 cm³/mol. The van der Waals surface area contributed by atoms with E-state index in [-0.39, 0.29) is 17.2 Å². The Morgan fingerprint density at radius 1 is 1.33 bits per heavy atom. The van der Waals surface area contributed by atoms with E-state index in [0.29, 0.717) is 11.3 Å². The minimum Gasteiger partial charge on any atom is -0.505 e. The standard InChI is InChI=1S/C11H17BrN2O/c1-11(2,3)10(14)8-6(12)4-5-7(13)9(8)15/h4-5,10,15H,13-14H2,1-3H3/t10-/m0/s1. The lowest BCUT2D eigenvalue weighted by Crippen LogP contribution is -2.26. The molecular weight excluding hydrogens is 256 g/mol. The fraction of sp³-hybridized carbons (Fsp3) is 0.455. The molecule has 1 atom stereocenters. The maximum Gasteiger partial charge on any atom is 0.144 e. The summed E-state index contributed by atoms with van der Waals surface area (Å²) in [6.07, 6.45) is 0. The summed E-state index contributed by atoms with van der Waals surface area (Å²) in [5.41, 5.74) is 12.6. The molecular formula is C11H17BrN2O. The Labute approximate surface area is 98.6 Å². The van der Waals surface area contributed by atoms with Crippen LogP contribution in [-0.4, -0.2) is 5.11 Å². The van der Waals surface area contributed by atoms with Crippen molar-refractivity contribution in [1.82, 2.24) is 0 Å². The van der Waals surface area contributed by atoms with Crippen LogP contribution in [0.4, 0.5) is 5.69 Å². The van der Waals surface area contributed by atoms with E-state index in [0.717, 1.165) is 4.47 Å². The topological polar surface area (TPSA) is 72.3 Å². The second-order valence-electron chi connectivity index (χ2n) is 4.74. The van der Waals surface area contributed by atoms with Crippen LogP contribution in [0.3, 0.4) is 0 Å². The smallest absolute Gasteiger partial charge is 0.144 e. The second kappa shape index (κ2) is 4.02. The third-order valence-corrected chi connectivity index (χ3v) is 3.13. The van der Waals surface area contributed by atoms with E-state index < -0.39 is 0 Å². The van der Waals surface area contributed by atoms with Crippen molar-refractivity contribution in [1.29, 1.82) is 0 Å². The molecule has 3 nitrogen and oxygen atoms in total. The lowest BCUT2D eigenvalue weighted by Gasteiger charge is -2.29. The monoisotopic (exact) mass is 272 g/mol. The van der Waals surface area contributed by atoms with Crippen molar-refractivity contribution in [2.24, 2.45) is 11.1 Å². The van der Waals surface area contributed by atoms with Crippen LogP contribution in [0.25, 0.3) is 0 Å². The van der Waals surface area contributed by atoms with E-state index in [1.54, 1.807) is 12.1 Å². The molecule has 4 heteroatoms. The molecule has 0 spiro atoms. The summed E-state index contributed by atoms with van der Waals surface area (Å²) >= 11 is 3.38. The molecule has 0 aliphatic heterocycles. The normalized spacial score (nSPS) is 13.9. The van der Waals surface area contributed by atoms with Gasteiger partial charge in [-0.15, -0.1) is 0 Å². The molecule has 0 aliphatic carbocycles. The van der Waals surface area contributed by atoms with Gasteiger partial charge in [-0.2, -0.15) is 0 Å². The van der Waals surface area contributed by atoms with Crippen LogP contribution in [-0.2, 0) is 0 Å². The highest BCUT2D eigenvalue weighted by Gasteiger charge is 2.27. The molecule has 0 saturated heterocycles. The van der Waals surface area contributed by atoms with Gasteiger partial charge in [-0.25, -0.2) is 0 Å². The van der Waals surface area contributed by atoms with Crippen molar-refractivity contribution in [3.05, 3.63) is 22.2 Å². The highest BCUT2D eigenvalue weighted by atomic mass is 79.9. The Kier molecular flexibility index (Phi) is 3.31. The molecule has 0 amide bonds. The first kappa shape index (κ1) is 12.3. The molecule has 84 valence electrons. The second-order valence-corrected chi connectivity index (χ2v) is 5.60. The van der Waals surface area contributed by atoms with E-state index in [2.05, 4.69) is 15.9 Å². The van der Waals surface area contributed by atoms with Gasteiger partial charge in [0.1, 0.15) is 5.75 Å². The molecule has 1 aromatic rings. The number of halogens is 1. The van der Waals surface area contributed by atoms with Crippen molar-refractivity contribution in [3.63, 3.8) is 0 Å². The highest BCUT2D eigenvalue weighted by Crippen LogP contribution is 2.41. The Morgan fingerprint density at radius 3 is 2.33 bits per heavy atom. The number of phenols is 1. The SMILES string of the molecule is CC(C)(C)[C@@H](N)c1c(Br)ccc(N)c1O. The van der Waals surface area contributed by atoms with Gasteiger partial charge >= 0.3 is 0 Å². The number of anilines is 1. The Bertz CT molecular complexity index is 372. The van der Waals surface area contributed by atoms with Crippen molar-refractivity contribution in [2.75, 3.05) is 5.73 Å². The zero-order valence-corrected chi connectivity index (χ0v) is 10.8. The van der Waals surface area contributed by atoms with E-state index in [1.807, 2.05) is 20.8 Å². The predicted octanol–water partition coefficient (Wildman–Crippen LogP) is 2.78. The number of nitrogen functional groups attached to an aromatic ring is 1. The van der Waals surface area contributed by atoms with Crippen LogP contribution in [0.15, 0.2) is 16.6 Å². The number of aromatic hydroxyl groups is 1. The molecule has 0 radical (unpaired) electrons. The van der Waals surface area contributed by atoms with Gasteiger partial charge in [0.15, 0.2) is 0 Å². The summed E-state index contributed by atoms with van der Waals surface area (Å²) in [7, 11) is 0. The third-order valence-electron chi connectivity index (χ3n) is 2.44. The first-order valence-electron chi connectivity index (χ1n) is 4.77. The highest BCUT2D eigenvalue weighted by molar-refractivity contribution is 9.10. The number of phenolic OH excluding ortho intramolecular Hbond substituents is 1. The Balaban J connectivity index is 3.31. The number of rotatable bonds is 1. The summed E-state index contributed by atoms with van der Waals surface area (Å²) in [5.74, 6) is 0.0757. The molecule has 0 heterocycles. The lowest BCUT2D eigenvalue weighted by molar-refractivity contribution is 0.317. The van der Waals surface area contributed by atoms with E-state index >= 15 is 0 Å². The van der Waals surface area contributed by atoms with E-state index in [9.17, 15) is 5.11 Å². The van der Waals surface area contributed by atoms with Crippen LogP contribution < -0.4 is 11.5 Å². The summed E-state index contributed by atoms with van der Waals surface area (Å²) in [4.78, 5) is 0. The molecule has 0 fully saturated rings. The number of hydrogen-bond donors (Lipinski definition) is 3. The van der Waals surface area contributed by atoms with Gasteiger partial charge in [-0.05, 0) is 17.5 Å². The van der Waals surface area contributed by atoms with Gasteiger partial charge in [-0.3, -0.25) is 0 Å². The number of hydrogen-bond acceptors (Lipinski definition) is 3. The zero-order valence-electron chi connectivity index (χ0n) is 9.21. The maximum absolute atomic E-state index is 9.88. The van der Waals surface area contributed by atoms with Crippen LogP contribution in [0.5, 0.6) is 5.75 Å². The summed E-state index contributed by atoms with van der Waals surface area (Å²) in [6, 6.07) is 3.18. The quantitative estimate of drug-likeness (QED) is 0.544. The summed E-state index contributed by atoms with van der Waals surface area (Å²) < 4.78 is 0.789. The van der Waals surface area contributed by atoms with Crippen LogP contribution in [0.1, 0.15) is 32.4 Å². The molecule has 0 aromatic heterocycles. The van der Waals surface area contributed by atoms with Crippen LogP contribution >= 0.6 is 15.9 Å². The average molecular weight is 273 g/mol. The van der Waals surface area contributed by atoms with Crippen molar-refractivity contribution < 1.29 is 5.11 Å². The van der Waals surface area contributed by atoms with Crippen molar-refractivity contribution >= 4 is 21.6 Å². The number of benzene rings is 1. The molecule has 0 unspecified atom stereocenters. The van der Waals surface area contributed by atoms with Gasteiger partial charge in [0.05, 0.1) is 5.69 Å². The molecule has 0 bridgehead atoms. The summed E-state index contributed by atoms with van der Waals surface area (Å²) in [5, 5.41) is 9.88. The fourth-order valence-corrected chi connectivity index (χ4v) is 1.90. The van der Waals surface area contributed by atoms with Gasteiger partial charge in [0.25, 0.3) is 0 Å². The average Bonchev–Trinajstić information content (AvgIpc) is 2.10. The molecule has 15 heavy (non-hydrogen) atoms. The van der Waals surface area contributed by atoms with Crippen molar-refractivity contribution in [2.45, 2.75) is 26.8 Å². The molecule has 0 saturated carbocycles. The largest absolute Gasteiger partial charge is 0.505 e. The van der Waals surface area contributed by atoms with Gasteiger partial charge in [0, 0.05) is 16.1 Å². The fourth-order valence-electron chi connectivity index (χ4n) is 1.33. The lowest BCUT2D eigenvalue weighted by atomic mass is 9.82. The molecule has 1 rings (SSSR count). The van der Waals surface area contributed by atoms with Gasteiger partial charge < -0.3 is 16.6 Å².